The van der Waals surface area contributed by atoms with Gasteiger partial charge in [0, 0.05) is 13.1 Å². The Morgan fingerprint density at radius 3 is 2.24 bits per heavy atom. The summed E-state index contributed by atoms with van der Waals surface area (Å²) in [6, 6.07) is 0. The van der Waals surface area contributed by atoms with E-state index in [2.05, 4.69) is 36.0 Å². The van der Waals surface area contributed by atoms with E-state index in [1.807, 2.05) is 4.90 Å². The lowest BCUT2D eigenvalue weighted by Gasteiger charge is -2.21. The van der Waals surface area contributed by atoms with Gasteiger partial charge in [0.2, 0.25) is 5.95 Å². The van der Waals surface area contributed by atoms with Crippen LogP contribution in [0.5, 0.6) is 0 Å². The molecule has 0 aromatic carbocycles. The number of rotatable bonds is 7. The number of hydrogen-bond donors (Lipinski definition) is 1. The number of aromatic nitrogens is 3. The van der Waals surface area contributed by atoms with Gasteiger partial charge in [0.15, 0.2) is 0 Å². The number of aliphatic hydroxyl groups is 1. The third-order valence-electron chi connectivity index (χ3n) is 2.64. The standard InChI is InChI=1S/C12H22N4O/c1-4-7-16(8-9-17)12-13-10(5-2)11(6-3)14-15-12/h17H,4-9H2,1-3H3. The van der Waals surface area contributed by atoms with E-state index in [4.69, 9.17) is 5.11 Å². The molecule has 0 spiro atoms. The maximum atomic E-state index is 9.03. The van der Waals surface area contributed by atoms with Gasteiger partial charge in [0.1, 0.15) is 0 Å². The molecule has 0 unspecified atom stereocenters. The average molecular weight is 238 g/mol. The third kappa shape index (κ3) is 3.63. The van der Waals surface area contributed by atoms with Crippen molar-refractivity contribution in [3.05, 3.63) is 11.4 Å². The minimum absolute atomic E-state index is 0.111. The molecule has 1 aromatic heterocycles. The van der Waals surface area contributed by atoms with Gasteiger partial charge in [0.05, 0.1) is 18.0 Å². The van der Waals surface area contributed by atoms with Crippen LogP contribution in [0.2, 0.25) is 0 Å². The van der Waals surface area contributed by atoms with E-state index in [-0.39, 0.29) is 6.61 Å². The molecule has 0 amide bonds. The maximum absolute atomic E-state index is 9.03. The molecule has 0 saturated heterocycles. The molecule has 0 atom stereocenters. The summed E-state index contributed by atoms with van der Waals surface area (Å²) < 4.78 is 0. The molecule has 17 heavy (non-hydrogen) atoms. The molecule has 1 heterocycles. The van der Waals surface area contributed by atoms with E-state index >= 15 is 0 Å². The van der Waals surface area contributed by atoms with Gasteiger partial charge in [-0.2, -0.15) is 5.10 Å². The van der Waals surface area contributed by atoms with E-state index < -0.39 is 0 Å². The molecular weight excluding hydrogens is 216 g/mol. The van der Waals surface area contributed by atoms with Crippen molar-refractivity contribution in [2.24, 2.45) is 0 Å². The second kappa shape index (κ2) is 7.17. The van der Waals surface area contributed by atoms with Crippen molar-refractivity contribution in [3.8, 4) is 0 Å². The summed E-state index contributed by atoms with van der Waals surface area (Å²) in [5, 5.41) is 17.4. The Hall–Kier alpha value is -1.23. The molecule has 0 saturated carbocycles. The second-order valence-electron chi connectivity index (χ2n) is 3.92. The molecule has 1 rings (SSSR count). The zero-order chi connectivity index (χ0) is 12.7. The highest BCUT2D eigenvalue weighted by atomic mass is 16.3. The zero-order valence-electron chi connectivity index (χ0n) is 11.0. The number of aryl methyl sites for hydroxylation is 2. The maximum Gasteiger partial charge on any atom is 0.245 e. The molecule has 0 fully saturated rings. The van der Waals surface area contributed by atoms with Crippen LogP contribution < -0.4 is 4.90 Å². The van der Waals surface area contributed by atoms with Crippen LogP contribution in [0.1, 0.15) is 38.6 Å². The quantitative estimate of drug-likeness (QED) is 0.773. The van der Waals surface area contributed by atoms with E-state index in [1.165, 1.54) is 0 Å². The predicted molar refractivity (Wildman–Crippen MR) is 68.2 cm³/mol. The van der Waals surface area contributed by atoms with Crippen LogP contribution in [0.25, 0.3) is 0 Å². The van der Waals surface area contributed by atoms with Crippen molar-refractivity contribution in [3.63, 3.8) is 0 Å². The fourth-order valence-electron chi connectivity index (χ4n) is 1.76. The minimum atomic E-state index is 0.111. The van der Waals surface area contributed by atoms with Gasteiger partial charge in [-0.25, -0.2) is 4.98 Å². The van der Waals surface area contributed by atoms with Crippen LogP contribution in [0.4, 0.5) is 5.95 Å². The van der Waals surface area contributed by atoms with Crippen LogP contribution in [0.15, 0.2) is 0 Å². The lowest BCUT2D eigenvalue weighted by atomic mass is 10.2. The van der Waals surface area contributed by atoms with Gasteiger partial charge >= 0.3 is 0 Å². The van der Waals surface area contributed by atoms with E-state index in [0.29, 0.717) is 12.5 Å². The van der Waals surface area contributed by atoms with Crippen molar-refractivity contribution >= 4 is 5.95 Å². The fourth-order valence-corrected chi connectivity index (χ4v) is 1.76. The third-order valence-corrected chi connectivity index (χ3v) is 2.64. The zero-order valence-corrected chi connectivity index (χ0v) is 11.0. The molecule has 0 aliphatic heterocycles. The molecule has 0 bridgehead atoms. The van der Waals surface area contributed by atoms with Gasteiger partial charge in [-0.3, -0.25) is 0 Å². The highest BCUT2D eigenvalue weighted by Gasteiger charge is 2.11. The number of hydrogen-bond acceptors (Lipinski definition) is 5. The molecular formula is C12H22N4O. The Bertz CT molecular complexity index is 337. The van der Waals surface area contributed by atoms with Gasteiger partial charge in [0.25, 0.3) is 0 Å². The lowest BCUT2D eigenvalue weighted by molar-refractivity contribution is 0.301. The van der Waals surface area contributed by atoms with Crippen molar-refractivity contribution in [2.45, 2.75) is 40.0 Å². The first kappa shape index (κ1) is 13.8. The van der Waals surface area contributed by atoms with Crippen LogP contribution in [0.3, 0.4) is 0 Å². The summed E-state index contributed by atoms with van der Waals surface area (Å²) in [5.74, 6) is 0.634. The van der Waals surface area contributed by atoms with E-state index in [9.17, 15) is 0 Å². The van der Waals surface area contributed by atoms with Gasteiger partial charge in [-0.05, 0) is 19.3 Å². The molecule has 1 N–H and O–H groups in total. The average Bonchev–Trinajstić information content (AvgIpc) is 2.37. The number of anilines is 1. The van der Waals surface area contributed by atoms with Crippen LogP contribution in [0, 0.1) is 0 Å². The lowest BCUT2D eigenvalue weighted by Crippen LogP contribution is -2.30. The van der Waals surface area contributed by atoms with Crippen LogP contribution in [-0.2, 0) is 12.8 Å². The first-order chi connectivity index (χ1) is 8.26. The summed E-state index contributed by atoms with van der Waals surface area (Å²) in [4.78, 5) is 6.52. The monoisotopic (exact) mass is 238 g/mol. The minimum Gasteiger partial charge on any atom is -0.395 e. The van der Waals surface area contributed by atoms with E-state index in [1.54, 1.807) is 0 Å². The summed E-state index contributed by atoms with van der Waals surface area (Å²) in [6.07, 6.45) is 2.72. The second-order valence-corrected chi connectivity index (χ2v) is 3.92. The Balaban J connectivity index is 2.94. The Morgan fingerprint density at radius 1 is 1.00 bits per heavy atom. The molecule has 0 aliphatic carbocycles. The van der Waals surface area contributed by atoms with Crippen molar-refractivity contribution < 1.29 is 5.11 Å². The predicted octanol–water partition coefficient (Wildman–Crippen LogP) is 1.21. The van der Waals surface area contributed by atoms with Gasteiger partial charge in [-0.1, -0.05) is 20.8 Å². The SMILES string of the molecule is CCCN(CCO)c1nnc(CC)c(CC)n1. The smallest absolute Gasteiger partial charge is 0.245 e. The van der Waals surface area contributed by atoms with Crippen LogP contribution >= 0.6 is 0 Å². The number of nitrogens with zero attached hydrogens (tertiary/aromatic N) is 4. The highest BCUT2D eigenvalue weighted by Crippen LogP contribution is 2.11. The fraction of sp³-hybridized carbons (Fsp3) is 0.750. The number of aliphatic hydroxyl groups excluding tert-OH is 1. The highest BCUT2D eigenvalue weighted by molar-refractivity contribution is 5.30. The molecule has 0 radical (unpaired) electrons. The molecule has 1 aromatic rings. The summed E-state index contributed by atoms with van der Waals surface area (Å²) in [6.45, 7) is 7.74. The largest absolute Gasteiger partial charge is 0.395 e. The first-order valence-corrected chi connectivity index (χ1v) is 6.35. The summed E-state index contributed by atoms with van der Waals surface area (Å²) in [7, 11) is 0. The molecule has 5 heteroatoms. The van der Waals surface area contributed by atoms with Crippen molar-refractivity contribution in [1.29, 1.82) is 0 Å². The Kier molecular flexibility index (Phi) is 5.83. The molecule has 0 aliphatic rings. The Morgan fingerprint density at radius 2 is 1.71 bits per heavy atom. The first-order valence-electron chi connectivity index (χ1n) is 6.35. The van der Waals surface area contributed by atoms with Gasteiger partial charge in [-0.15, -0.1) is 5.10 Å². The Labute approximate surface area is 103 Å². The van der Waals surface area contributed by atoms with Crippen LogP contribution in [-0.4, -0.2) is 40.0 Å². The summed E-state index contributed by atoms with van der Waals surface area (Å²) in [5.41, 5.74) is 1.98. The van der Waals surface area contributed by atoms with Gasteiger partial charge < -0.3 is 10.0 Å². The topological polar surface area (TPSA) is 62.1 Å². The molecule has 5 nitrogen and oxygen atoms in total. The molecule has 96 valence electrons. The normalized spacial score (nSPS) is 10.6. The van der Waals surface area contributed by atoms with E-state index in [0.717, 1.165) is 37.2 Å². The van der Waals surface area contributed by atoms with Crippen molar-refractivity contribution in [2.75, 3.05) is 24.6 Å². The summed E-state index contributed by atoms with van der Waals surface area (Å²) >= 11 is 0. The van der Waals surface area contributed by atoms with Crippen molar-refractivity contribution in [1.82, 2.24) is 15.2 Å².